The maximum Gasteiger partial charge on any atom is 0.0222 e. The molecule has 2 heteroatoms. The molecule has 2 rings (SSSR count). The first-order valence-corrected chi connectivity index (χ1v) is 7.66. The Morgan fingerprint density at radius 1 is 1.00 bits per heavy atom. The van der Waals surface area contributed by atoms with Gasteiger partial charge in [-0.3, -0.25) is 0 Å². The molecule has 0 fully saturated rings. The Morgan fingerprint density at radius 2 is 1.80 bits per heavy atom. The maximum absolute atomic E-state index is 3.45. The molecule has 0 spiro atoms. The average molecular weight is 270 g/mol. The Hall–Kier alpha value is -1.54. The number of rotatable bonds is 8. The van der Waals surface area contributed by atoms with Crippen LogP contribution in [0.2, 0.25) is 0 Å². The van der Waals surface area contributed by atoms with Gasteiger partial charge in [0.25, 0.3) is 0 Å². The van der Waals surface area contributed by atoms with Crippen LogP contribution in [0.5, 0.6) is 0 Å². The van der Waals surface area contributed by atoms with Crippen LogP contribution in [0.3, 0.4) is 0 Å². The van der Waals surface area contributed by atoms with Gasteiger partial charge in [-0.25, -0.2) is 0 Å². The van der Waals surface area contributed by atoms with Crippen molar-refractivity contribution in [1.29, 1.82) is 0 Å². The lowest BCUT2D eigenvalue weighted by molar-refractivity contribution is 0.583. The van der Waals surface area contributed by atoms with Gasteiger partial charge in [0.1, 0.15) is 0 Å². The average Bonchev–Trinajstić information content (AvgIpc) is 2.90. The summed E-state index contributed by atoms with van der Waals surface area (Å²) in [4.78, 5) is 0. The van der Waals surface area contributed by atoms with E-state index >= 15 is 0 Å². The Kier molecular flexibility index (Phi) is 5.87. The second-order valence-electron chi connectivity index (χ2n) is 5.74. The van der Waals surface area contributed by atoms with Gasteiger partial charge in [-0.15, -0.1) is 0 Å². The van der Waals surface area contributed by atoms with Crippen molar-refractivity contribution in [2.24, 2.45) is 0 Å². The molecule has 0 unspecified atom stereocenters. The predicted octanol–water partition coefficient (Wildman–Crippen LogP) is 4.01. The van der Waals surface area contributed by atoms with Crippen molar-refractivity contribution >= 4 is 0 Å². The van der Waals surface area contributed by atoms with Gasteiger partial charge in [0.15, 0.2) is 0 Å². The van der Waals surface area contributed by atoms with Gasteiger partial charge in [-0.2, -0.15) is 0 Å². The zero-order valence-corrected chi connectivity index (χ0v) is 12.7. The Bertz CT molecular complexity index is 485. The van der Waals surface area contributed by atoms with E-state index in [1.54, 1.807) is 0 Å². The van der Waals surface area contributed by atoms with E-state index in [1.807, 2.05) is 0 Å². The second-order valence-corrected chi connectivity index (χ2v) is 5.74. The molecule has 1 N–H and O–H groups in total. The Morgan fingerprint density at radius 3 is 2.55 bits per heavy atom. The van der Waals surface area contributed by atoms with Crippen molar-refractivity contribution in [3.63, 3.8) is 0 Å². The van der Waals surface area contributed by atoms with E-state index < -0.39 is 0 Å². The number of unbranched alkanes of at least 4 members (excludes halogenated alkanes) is 1. The Labute approximate surface area is 122 Å². The summed E-state index contributed by atoms with van der Waals surface area (Å²) in [5, 5.41) is 3.45. The van der Waals surface area contributed by atoms with E-state index in [0.717, 1.165) is 13.1 Å². The molecular formula is C18H26N2. The number of benzene rings is 1. The molecule has 0 amide bonds. The fourth-order valence-electron chi connectivity index (χ4n) is 2.32. The van der Waals surface area contributed by atoms with Gasteiger partial charge < -0.3 is 9.88 Å². The quantitative estimate of drug-likeness (QED) is 0.717. The molecule has 0 aliphatic rings. The molecule has 2 nitrogen and oxygen atoms in total. The lowest BCUT2D eigenvalue weighted by atomic mass is 10.1. The highest BCUT2D eigenvalue weighted by Gasteiger charge is 1.99. The molecule has 0 atom stereocenters. The molecule has 108 valence electrons. The molecule has 0 radical (unpaired) electrons. The number of hydrogen-bond acceptors (Lipinski definition) is 1. The molecular weight excluding hydrogens is 244 g/mol. The summed E-state index contributed by atoms with van der Waals surface area (Å²) >= 11 is 0. The summed E-state index contributed by atoms with van der Waals surface area (Å²) in [6.45, 7) is 6.45. The molecule has 0 saturated heterocycles. The number of aromatic nitrogens is 1. The van der Waals surface area contributed by atoms with Gasteiger partial charge >= 0.3 is 0 Å². The minimum atomic E-state index is 0.546. The number of aryl methyl sites for hydroxylation is 2. The number of nitrogens with zero attached hydrogens (tertiary/aromatic N) is 1. The first-order chi connectivity index (χ1) is 9.74. The molecule has 0 bridgehead atoms. The van der Waals surface area contributed by atoms with E-state index in [4.69, 9.17) is 0 Å². The van der Waals surface area contributed by atoms with Crippen molar-refractivity contribution in [2.75, 3.05) is 0 Å². The third-order valence-corrected chi connectivity index (χ3v) is 3.50. The van der Waals surface area contributed by atoms with Crippen LogP contribution in [0.25, 0.3) is 0 Å². The first kappa shape index (κ1) is 14.9. The third kappa shape index (κ3) is 5.22. The van der Waals surface area contributed by atoms with Crippen molar-refractivity contribution in [2.45, 2.75) is 52.2 Å². The Balaban J connectivity index is 1.67. The van der Waals surface area contributed by atoms with E-state index in [9.17, 15) is 0 Å². The van der Waals surface area contributed by atoms with Crippen molar-refractivity contribution in [3.05, 3.63) is 59.9 Å². The van der Waals surface area contributed by atoms with Gasteiger partial charge in [-0.05, 0) is 36.5 Å². The summed E-state index contributed by atoms with van der Waals surface area (Å²) in [7, 11) is 0. The van der Waals surface area contributed by atoms with E-state index in [2.05, 4.69) is 72.5 Å². The fourth-order valence-corrected chi connectivity index (χ4v) is 2.32. The van der Waals surface area contributed by atoms with Crippen molar-refractivity contribution < 1.29 is 0 Å². The minimum absolute atomic E-state index is 0.546. The third-order valence-electron chi connectivity index (χ3n) is 3.50. The highest BCUT2D eigenvalue weighted by Crippen LogP contribution is 2.07. The van der Waals surface area contributed by atoms with E-state index in [0.29, 0.717) is 6.04 Å². The van der Waals surface area contributed by atoms with Gasteiger partial charge in [0, 0.05) is 31.5 Å². The van der Waals surface area contributed by atoms with E-state index in [1.165, 1.54) is 30.4 Å². The highest BCUT2D eigenvalue weighted by molar-refractivity contribution is 5.14. The highest BCUT2D eigenvalue weighted by atomic mass is 14.9. The zero-order chi connectivity index (χ0) is 14.2. The van der Waals surface area contributed by atoms with Gasteiger partial charge in [0.05, 0.1) is 0 Å². The lowest BCUT2D eigenvalue weighted by Gasteiger charge is -2.06. The molecule has 1 aromatic carbocycles. The smallest absolute Gasteiger partial charge is 0.0222 e. The predicted molar refractivity (Wildman–Crippen MR) is 85.8 cm³/mol. The maximum atomic E-state index is 3.45. The van der Waals surface area contributed by atoms with Gasteiger partial charge in [-0.1, -0.05) is 44.2 Å². The molecule has 0 aliphatic heterocycles. The molecule has 20 heavy (non-hydrogen) atoms. The van der Waals surface area contributed by atoms with Crippen LogP contribution in [-0.4, -0.2) is 10.6 Å². The number of hydrogen-bond donors (Lipinski definition) is 1. The first-order valence-electron chi connectivity index (χ1n) is 7.66. The summed E-state index contributed by atoms with van der Waals surface area (Å²) in [5.74, 6) is 0. The van der Waals surface area contributed by atoms with Crippen molar-refractivity contribution in [1.82, 2.24) is 9.88 Å². The normalized spacial score (nSPS) is 11.2. The standard InChI is InChI=1S/C18H26N2/c1-16(2)19-14-18-11-13-20(15-18)12-7-6-10-17-8-4-3-5-9-17/h3-5,8-9,11,13,15-16,19H,6-7,10,12,14H2,1-2H3. The monoisotopic (exact) mass is 270 g/mol. The van der Waals surface area contributed by atoms with Crippen LogP contribution in [-0.2, 0) is 19.5 Å². The molecule has 1 aromatic heterocycles. The summed E-state index contributed by atoms with van der Waals surface area (Å²) in [6.07, 6.45) is 8.13. The van der Waals surface area contributed by atoms with Crippen LogP contribution >= 0.6 is 0 Å². The van der Waals surface area contributed by atoms with Crippen molar-refractivity contribution in [3.8, 4) is 0 Å². The molecule has 0 saturated carbocycles. The summed E-state index contributed by atoms with van der Waals surface area (Å²) in [6, 6.07) is 13.5. The second kappa shape index (κ2) is 7.91. The summed E-state index contributed by atoms with van der Waals surface area (Å²) < 4.78 is 2.31. The number of nitrogens with one attached hydrogen (secondary N) is 1. The lowest BCUT2D eigenvalue weighted by Crippen LogP contribution is -2.21. The van der Waals surface area contributed by atoms with Crippen LogP contribution in [0, 0.1) is 0 Å². The van der Waals surface area contributed by atoms with Crippen LogP contribution < -0.4 is 5.32 Å². The van der Waals surface area contributed by atoms with Gasteiger partial charge in [0.2, 0.25) is 0 Å². The van der Waals surface area contributed by atoms with E-state index in [-0.39, 0.29) is 0 Å². The summed E-state index contributed by atoms with van der Waals surface area (Å²) in [5.41, 5.74) is 2.82. The molecule has 2 aromatic rings. The topological polar surface area (TPSA) is 17.0 Å². The van der Waals surface area contributed by atoms with Crippen LogP contribution in [0.1, 0.15) is 37.8 Å². The SMILES string of the molecule is CC(C)NCc1ccn(CCCCc2ccccc2)c1. The van der Waals surface area contributed by atoms with Crippen LogP contribution in [0.15, 0.2) is 48.8 Å². The fraction of sp³-hybridized carbons (Fsp3) is 0.444. The largest absolute Gasteiger partial charge is 0.354 e. The zero-order valence-electron chi connectivity index (χ0n) is 12.7. The van der Waals surface area contributed by atoms with Crippen LogP contribution in [0.4, 0.5) is 0 Å². The molecule has 1 heterocycles. The molecule has 0 aliphatic carbocycles. The minimum Gasteiger partial charge on any atom is -0.354 e.